The molecule has 0 amide bonds. The first kappa shape index (κ1) is 20.8. The van der Waals surface area contributed by atoms with Crippen molar-refractivity contribution in [3.8, 4) is 11.3 Å². The normalized spacial score (nSPS) is 14.8. The fraction of sp³-hybridized carbons (Fsp3) is 0.172. The van der Waals surface area contributed by atoms with Crippen molar-refractivity contribution < 1.29 is 13.7 Å². The van der Waals surface area contributed by atoms with E-state index in [0.717, 1.165) is 59.8 Å². The molecule has 0 spiro atoms. The van der Waals surface area contributed by atoms with Crippen LogP contribution in [0.15, 0.2) is 88.0 Å². The van der Waals surface area contributed by atoms with E-state index in [1.807, 2.05) is 42.5 Å². The number of para-hydroxylation sites is 1. The number of nitrogens with one attached hydrogen (secondary N) is 1. The van der Waals surface area contributed by atoms with E-state index in [9.17, 15) is 4.79 Å². The number of nitrogens with zero attached hydrogens (tertiary/aromatic N) is 3. The maximum absolute atomic E-state index is 13.7. The number of carbonyl (C=O) groups is 1. The number of furan rings is 1. The summed E-state index contributed by atoms with van der Waals surface area (Å²) in [6.07, 6.45) is 1.65. The molecule has 1 N–H and O–H groups in total. The zero-order valence-electron chi connectivity index (χ0n) is 19.6. The van der Waals surface area contributed by atoms with Crippen LogP contribution in [0.1, 0.15) is 21.7 Å². The fourth-order valence-corrected chi connectivity index (χ4v) is 5.36. The lowest BCUT2D eigenvalue weighted by Gasteiger charge is -2.37. The number of fused-ring (bicyclic) bond motifs is 2. The van der Waals surface area contributed by atoms with Gasteiger partial charge in [0.15, 0.2) is 11.5 Å². The van der Waals surface area contributed by atoms with Crippen molar-refractivity contribution in [3.05, 3.63) is 95.9 Å². The number of aromatic nitrogens is 1. The van der Waals surface area contributed by atoms with Gasteiger partial charge >= 0.3 is 0 Å². The third kappa shape index (κ3) is 3.27. The van der Waals surface area contributed by atoms with Gasteiger partial charge in [-0.25, -0.2) is 0 Å². The van der Waals surface area contributed by atoms with E-state index < -0.39 is 0 Å². The van der Waals surface area contributed by atoms with Gasteiger partial charge in [-0.3, -0.25) is 4.79 Å². The van der Waals surface area contributed by atoms with Gasteiger partial charge in [-0.15, -0.1) is 0 Å². The number of rotatable bonds is 5. The monoisotopic (exact) mass is 476 g/mol. The molecule has 0 atom stereocenters. The van der Waals surface area contributed by atoms with E-state index in [2.05, 4.69) is 50.6 Å². The Morgan fingerprint density at radius 1 is 0.861 bits per heavy atom. The summed E-state index contributed by atoms with van der Waals surface area (Å²) in [6.45, 7) is 3.95. The second kappa shape index (κ2) is 8.30. The van der Waals surface area contributed by atoms with E-state index in [-0.39, 0.29) is 5.78 Å². The minimum absolute atomic E-state index is 0.0197. The van der Waals surface area contributed by atoms with Gasteiger partial charge in [-0.05, 0) is 30.3 Å². The largest absolute Gasteiger partial charge is 0.467 e. The lowest BCUT2D eigenvalue weighted by atomic mass is 9.86. The molecule has 1 saturated heterocycles. The van der Waals surface area contributed by atoms with Crippen LogP contribution < -0.4 is 15.1 Å². The highest BCUT2D eigenvalue weighted by molar-refractivity contribution is 6.28. The van der Waals surface area contributed by atoms with E-state index in [1.165, 1.54) is 5.69 Å². The number of carbonyl (C=O) groups excluding carboxylic acids is 1. The van der Waals surface area contributed by atoms with E-state index in [4.69, 9.17) is 8.94 Å². The van der Waals surface area contributed by atoms with Crippen molar-refractivity contribution in [1.82, 2.24) is 5.16 Å². The van der Waals surface area contributed by atoms with Crippen molar-refractivity contribution in [2.45, 2.75) is 6.54 Å². The highest BCUT2D eigenvalue weighted by Gasteiger charge is 2.34. The van der Waals surface area contributed by atoms with Crippen LogP contribution in [0.3, 0.4) is 0 Å². The van der Waals surface area contributed by atoms with Crippen LogP contribution in [-0.2, 0) is 6.54 Å². The summed E-state index contributed by atoms with van der Waals surface area (Å²) in [7, 11) is 0. The minimum Gasteiger partial charge on any atom is -0.467 e. The van der Waals surface area contributed by atoms with Crippen LogP contribution in [0.2, 0.25) is 0 Å². The van der Waals surface area contributed by atoms with Crippen LogP contribution in [0.5, 0.6) is 0 Å². The molecule has 2 aliphatic rings. The molecule has 1 aliphatic heterocycles. The Balaban J connectivity index is 1.31. The Hall–Kier alpha value is -4.52. The zero-order valence-corrected chi connectivity index (χ0v) is 19.6. The lowest BCUT2D eigenvalue weighted by molar-refractivity contribution is 0.104. The predicted octanol–water partition coefficient (Wildman–Crippen LogP) is 5.57. The molecule has 7 heteroatoms. The lowest BCUT2D eigenvalue weighted by Crippen LogP contribution is -2.46. The molecule has 7 rings (SSSR count). The van der Waals surface area contributed by atoms with Crippen molar-refractivity contribution >= 4 is 33.7 Å². The molecule has 3 aromatic carbocycles. The molecule has 7 nitrogen and oxygen atoms in total. The number of benzene rings is 3. The maximum atomic E-state index is 13.7. The van der Waals surface area contributed by atoms with Crippen LogP contribution in [0, 0.1) is 0 Å². The smallest absolute Gasteiger partial charge is 0.196 e. The van der Waals surface area contributed by atoms with Gasteiger partial charge in [-0.2, -0.15) is 0 Å². The van der Waals surface area contributed by atoms with Crippen molar-refractivity contribution in [3.63, 3.8) is 0 Å². The number of piperazine rings is 1. The number of hydrogen-bond donors (Lipinski definition) is 1. The summed E-state index contributed by atoms with van der Waals surface area (Å²) in [5, 5.41) is 8.74. The Kier molecular flexibility index (Phi) is 4.80. The third-order valence-electron chi connectivity index (χ3n) is 7.15. The molecule has 178 valence electrons. The summed E-state index contributed by atoms with van der Waals surface area (Å²) >= 11 is 0. The SMILES string of the molecule is O=C1c2ccccc2-c2onc3c(N4CCN(c5ccccc5)CC4)cc(NCc4ccco4)c1c23. The van der Waals surface area contributed by atoms with Gasteiger partial charge < -0.3 is 24.1 Å². The number of anilines is 3. The first-order chi connectivity index (χ1) is 17.8. The standard InChI is InChI=1S/C29H24N4O3/c34-28-21-10-4-5-11-22(21)29-26-25(28)23(30-18-20-9-6-16-35-20)17-24(27(26)31-36-29)33-14-12-32(13-15-33)19-7-2-1-3-8-19/h1-11,16-17,30H,12-15,18H2. The molecule has 1 fully saturated rings. The summed E-state index contributed by atoms with van der Waals surface area (Å²) in [6, 6.07) is 23.9. The molecule has 2 aromatic heterocycles. The van der Waals surface area contributed by atoms with E-state index in [0.29, 0.717) is 23.4 Å². The van der Waals surface area contributed by atoms with Crippen LogP contribution in [0.25, 0.3) is 22.2 Å². The second-order valence-electron chi connectivity index (χ2n) is 9.17. The van der Waals surface area contributed by atoms with Gasteiger partial charge in [-0.1, -0.05) is 47.6 Å². The first-order valence-corrected chi connectivity index (χ1v) is 12.2. The molecular weight excluding hydrogens is 452 g/mol. The van der Waals surface area contributed by atoms with Gasteiger partial charge in [0.2, 0.25) is 0 Å². The van der Waals surface area contributed by atoms with Gasteiger partial charge in [0.25, 0.3) is 0 Å². The fourth-order valence-electron chi connectivity index (χ4n) is 5.36. The topological polar surface area (TPSA) is 74.8 Å². The molecule has 36 heavy (non-hydrogen) atoms. The summed E-state index contributed by atoms with van der Waals surface area (Å²) < 4.78 is 11.4. The van der Waals surface area contributed by atoms with Gasteiger partial charge in [0.1, 0.15) is 11.3 Å². The molecule has 5 aromatic rings. The average molecular weight is 477 g/mol. The molecule has 0 unspecified atom stereocenters. The van der Waals surface area contributed by atoms with Gasteiger partial charge in [0, 0.05) is 48.7 Å². The van der Waals surface area contributed by atoms with Crippen LogP contribution in [0.4, 0.5) is 17.1 Å². The Bertz CT molecular complexity index is 1570. The molecule has 0 bridgehead atoms. The zero-order chi connectivity index (χ0) is 24.1. The number of ketones is 1. The average Bonchev–Trinajstić information content (AvgIpc) is 3.62. The Morgan fingerprint density at radius 2 is 1.61 bits per heavy atom. The van der Waals surface area contributed by atoms with Crippen molar-refractivity contribution in [1.29, 1.82) is 0 Å². The van der Waals surface area contributed by atoms with E-state index in [1.54, 1.807) is 6.26 Å². The number of hydrogen-bond acceptors (Lipinski definition) is 7. The Labute approximate surface area is 207 Å². The third-order valence-corrected chi connectivity index (χ3v) is 7.15. The predicted molar refractivity (Wildman–Crippen MR) is 140 cm³/mol. The highest BCUT2D eigenvalue weighted by atomic mass is 16.5. The maximum Gasteiger partial charge on any atom is 0.196 e. The highest BCUT2D eigenvalue weighted by Crippen LogP contribution is 2.46. The first-order valence-electron chi connectivity index (χ1n) is 12.2. The summed E-state index contributed by atoms with van der Waals surface area (Å²) in [4.78, 5) is 18.4. The molecule has 0 saturated carbocycles. The van der Waals surface area contributed by atoms with Crippen molar-refractivity contribution in [2.75, 3.05) is 41.3 Å². The van der Waals surface area contributed by atoms with Crippen LogP contribution >= 0.6 is 0 Å². The second-order valence-corrected chi connectivity index (χ2v) is 9.17. The Morgan fingerprint density at radius 3 is 2.39 bits per heavy atom. The summed E-state index contributed by atoms with van der Waals surface area (Å²) in [5.74, 6) is 1.43. The summed E-state index contributed by atoms with van der Waals surface area (Å²) in [5.41, 5.74) is 5.75. The van der Waals surface area contributed by atoms with E-state index >= 15 is 0 Å². The van der Waals surface area contributed by atoms with Crippen LogP contribution in [-0.4, -0.2) is 37.1 Å². The molecular formula is C29H24N4O3. The molecule has 1 aliphatic carbocycles. The van der Waals surface area contributed by atoms with Crippen molar-refractivity contribution in [2.24, 2.45) is 0 Å². The molecule has 0 radical (unpaired) electrons. The minimum atomic E-state index is -0.0197. The van der Waals surface area contributed by atoms with Gasteiger partial charge in [0.05, 0.1) is 29.4 Å². The quantitative estimate of drug-likeness (QED) is 0.349. The molecule has 3 heterocycles.